The number of rotatable bonds is 6. The molecule has 0 saturated heterocycles. The molecule has 0 N–H and O–H groups in total. The summed E-state index contributed by atoms with van der Waals surface area (Å²) in [4.78, 5) is 14.0. The van der Waals surface area contributed by atoms with E-state index in [1.54, 1.807) is 17.6 Å². The number of nitrogens with zero attached hydrogens (tertiary/aromatic N) is 3. The molecule has 1 aliphatic heterocycles. The van der Waals surface area contributed by atoms with Gasteiger partial charge in [0.25, 0.3) is 10.1 Å². The zero-order chi connectivity index (χ0) is 16.5. The monoisotopic (exact) mass is 331 g/mol. The first-order chi connectivity index (χ1) is 10.2. The molecule has 1 aliphatic rings. The highest BCUT2D eigenvalue weighted by Gasteiger charge is 2.35. The van der Waals surface area contributed by atoms with Crippen molar-refractivity contribution in [1.29, 1.82) is 0 Å². The van der Waals surface area contributed by atoms with Crippen LogP contribution in [-0.2, 0) is 20.8 Å². The molecule has 1 aromatic rings. The molecule has 2 heterocycles. The molecule has 2 rings (SSSR count). The summed E-state index contributed by atoms with van der Waals surface area (Å²) in [5.74, 6) is -0.425. The number of ether oxygens (including phenoxy) is 1. The molecule has 0 aromatic carbocycles. The molecule has 0 saturated carbocycles. The van der Waals surface area contributed by atoms with E-state index in [0.29, 0.717) is 13.0 Å². The number of fused-ring (bicyclic) bond motifs is 1. The highest BCUT2D eigenvalue weighted by Crippen LogP contribution is 2.30. The minimum atomic E-state index is -3.56. The molecule has 0 bridgehead atoms. The van der Waals surface area contributed by atoms with Crippen molar-refractivity contribution < 1.29 is 22.3 Å². The van der Waals surface area contributed by atoms with Crippen molar-refractivity contribution >= 4 is 15.9 Å². The van der Waals surface area contributed by atoms with Crippen LogP contribution in [0.2, 0.25) is 0 Å². The number of nitro groups is 1. The number of aromatic nitrogens is 2. The first-order valence-electron chi connectivity index (χ1n) is 6.58. The van der Waals surface area contributed by atoms with Gasteiger partial charge in [-0.1, -0.05) is 6.08 Å². The summed E-state index contributed by atoms with van der Waals surface area (Å²) < 4.78 is 34.4. The maximum absolute atomic E-state index is 11.1. The van der Waals surface area contributed by atoms with E-state index in [4.69, 9.17) is 8.92 Å². The fourth-order valence-corrected chi connectivity index (χ4v) is 3.06. The van der Waals surface area contributed by atoms with Crippen molar-refractivity contribution in [3.8, 4) is 6.01 Å². The van der Waals surface area contributed by atoms with E-state index in [2.05, 4.69) is 11.6 Å². The standard InChI is InChI=1S/C12H17N3O6S/c1-4-9-6-14-7-11(15(16)17)13-12(14)20-10(9)5-8(2)21-22(3,18)19/h4,7-10H,1,5-6H2,2-3H3/t8?,9?,10-/m0/s1. The summed E-state index contributed by atoms with van der Waals surface area (Å²) in [6, 6.07) is 0.140. The highest BCUT2D eigenvalue weighted by atomic mass is 32.2. The lowest BCUT2D eigenvalue weighted by Crippen LogP contribution is -2.37. The van der Waals surface area contributed by atoms with E-state index >= 15 is 0 Å². The first-order valence-corrected chi connectivity index (χ1v) is 8.40. The summed E-state index contributed by atoms with van der Waals surface area (Å²) in [7, 11) is -3.56. The van der Waals surface area contributed by atoms with Crippen molar-refractivity contribution in [2.45, 2.75) is 32.1 Å². The van der Waals surface area contributed by atoms with Gasteiger partial charge in [0, 0.05) is 23.9 Å². The Hall–Kier alpha value is -1.94. The van der Waals surface area contributed by atoms with E-state index in [1.807, 2.05) is 0 Å². The van der Waals surface area contributed by atoms with Crippen molar-refractivity contribution in [3.63, 3.8) is 0 Å². The third kappa shape index (κ3) is 3.83. The molecule has 3 atom stereocenters. The van der Waals surface area contributed by atoms with Crippen LogP contribution in [0, 0.1) is 16.0 Å². The summed E-state index contributed by atoms with van der Waals surface area (Å²) >= 11 is 0. The average molecular weight is 331 g/mol. The van der Waals surface area contributed by atoms with Crippen LogP contribution in [0.1, 0.15) is 13.3 Å². The predicted molar refractivity (Wildman–Crippen MR) is 77.0 cm³/mol. The molecule has 122 valence electrons. The zero-order valence-corrected chi connectivity index (χ0v) is 13.0. The maximum atomic E-state index is 11.1. The molecule has 0 fully saturated rings. The SMILES string of the molecule is C=CC1Cn2cc([N+](=O)[O-])nc2O[C@H]1CC(C)OS(C)(=O)=O. The molecule has 10 heteroatoms. The molecule has 0 spiro atoms. The number of hydrogen-bond acceptors (Lipinski definition) is 7. The second-order valence-corrected chi connectivity index (χ2v) is 6.79. The molecule has 9 nitrogen and oxygen atoms in total. The lowest BCUT2D eigenvalue weighted by molar-refractivity contribution is -0.389. The third-order valence-electron chi connectivity index (χ3n) is 3.26. The fraction of sp³-hybridized carbons (Fsp3) is 0.583. The van der Waals surface area contributed by atoms with Crippen LogP contribution >= 0.6 is 0 Å². The van der Waals surface area contributed by atoms with E-state index < -0.39 is 27.2 Å². The largest absolute Gasteiger partial charge is 0.442 e. The second-order valence-electron chi connectivity index (χ2n) is 5.19. The van der Waals surface area contributed by atoms with Gasteiger partial charge in [0.15, 0.2) is 0 Å². The minimum absolute atomic E-state index is 0.132. The molecule has 0 aliphatic carbocycles. The fourth-order valence-electron chi connectivity index (χ4n) is 2.38. The van der Waals surface area contributed by atoms with Gasteiger partial charge in [0.1, 0.15) is 12.3 Å². The average Bonchev–Trinajstić information content (AvgIpc) is 2.78. The Balaban J connectivity index is 2.14. The van der Waals surface area contributed by atoms with Crippen molar-refractivity contribution in [3.05, 3.63) is 29.0 Å². The molecule has 0 amide bonds. The molecule has 22 heavy (non-hydrogen) atoms. The maximum Gasteiger partial charge on any atom is 0.414 e. The van der Waals surface area contributed by atoms with Crippen LogP contribution in [0.4, 0.5) is 5.82 Å². The Bertz CT molecular complexity index is 683. The van der Waals surface area contributed by atoms with Crippen LogP contribution in [0.25, 0.3) is 0 Å². The normalized spacial score (nSPS) is 22.5. The Labute approximate surface area is 127 Å². The van der Waals surface area contributed by atoms with Gasteiger partial charge in [-0.25, -0.2) is 0 Å². The first kappa shape index (κ1) is 16.4. The van der Waals surface area contributed by atoms with Crippen LogP contribution < -0.4 is 4.74 Å². The van der Waals surface area contributed by atoms with Crippen LogP contribution in [-0.4, -0.2) is 41.4 Å². The third-order valence-corrected chi connectivity index (χ3v) is 3.94. The molecule has 2 unspecified atom stereocenters. The Kier molecular flexibility index (Phi) is 4.52. The van der Waals surface area contributed by atoms with Crippen LogP contribution in [0.15, 0.2) is 18.9 Å². The van der Waals surface area contributed by atoms with Gasteiger partial charge in [-0.15, -0.1) is 6.58 Å². The Morgan fingerprint density at radius 1 is 1.73 bits per heavy atom. The smallest absolute Gasteiger partial charge is 0.414 e. The lowest BCUT2D eigenvalue weighted by Gasteiger charge is -2.30. The van der Waals surface area contributed by atoms with E-state index in [1.165, 1.54) is 6.20 Å². The van der Waals surface area contributed by atoms with Gasteiger partial charge in [-0.05, 0) is 11.8 Å². The van der Waals surface area contributed by atoms with E-state index in [0.717, 1.165) is 6.26 Å². The van der Waals surface area contributed by atoms with Gasteiger partial charge < -0.3 is 14.9 Å². The van der Waals surface area contributed by atoms with Crippen LogP contribution in [0.3, 0.4) is 0 Å². The summed E-state index contributed by atoms with van der Waals surface area (Å²) in [5.41, 5.74) is 0. The van der Waals surface area contributed by atoms with E-state index in [-0.39, 0.29) is 17.7 Å². The Morgan fingerprint density at radius 2 is 2.41 bits per heavy atom. The number of imidazole rings is 1. The molecule has 0 radical (unpaired) electrons. The van der Waals surface area contributed by atoms with Crippen LogP contribution in [0.5, 0.6) is 6.01 Å². The zero-order valence-electron chi connectivity index (χ0n) is 12.2. The molecule has 1 aromatic heterocycles. The number of hydrogen-bond donors (Lipinski definition) is 0. The quantitative estimate of drug-likeness (QED) is 0.332. The minimum Gasteiger partial charge on any atom is -0.442 e. The van der Waals surface area contributed by atoms with E-state index in [9.17, 15) is 18.5 Å². The Morgan fingerprint density at radius 3 is 2.95 bits per heavy atom. The van der Waals surface area contributed by atoms with Gasteiger partial charge in [0.05, 0.1) is 12.4 Å². The van der Waals surface area contributed by atoms with Gasteiger partial charge in [-0.3, -0.25) is 8.75 Å². The van der Waals surface area contributed by atoms with Crippen molar-refractivity contribution in [2.75, 3.05) is 6.26 Å². The molecular weight excluding hydrogens is 314 g/mol. The van der Waals surface area contributed by atoms with Crippen molar-refractivity contribution in [1.82, 2.24) is 9.55 Å². The molecular formula is C12H17N3O6S. The summed E-state index contributed by atoms with van der Waals surface area (Å²) in [6.45, 7) is 5.77. The van der Waals surface area contributed by atoms with Crippen molar-refractivity contribution in [2.24, 2.45) is 5.92 Å². The van der Waals surface area contributed by atoms with Gasteiger partial charge in [0.2, 0.25) is 0 Å². The lowest BCUT2D eigenvalue weighted by atomic mass is 9.96. The van der Waals surface area contributed by atoms with Gasteiger partial charge in [-0.2, -0.15) is 8.42 Å². The van der Waals surface area contributed by atoms with Gasteiger partial charge >= 0.3 is 11.8 Å². The summed E-state index contributed by atoms with van der Waals surface area (Å²) in [6.07, 6.45) is 3.25. The predicted octanol–water partition coefficient (Wildman–Crippen LogP) is 1.11. The highest BCUT2D eigenvalue weighted by molar-refractivity contribution is 7.86. The topological polar surface area (TPSA) is 114 Å². The second kappa shape index (κ2) is 6.05. The summed E-state index contributed by atoms with van der Waals surface area (Å²) in [5, 5.41) is 10.8.